The third-order valence-electron chi connectivity index (χ3n) is 4.87. The summed E-state index contributed by atoms with van der Waals surface area (Å²) < 4.78 is 32.8. The van der Waals surface area contributed by atoms with Crippen LogP contribution >= 0.6 is 0 Å². The summed E-state index contributed by atoms with van der Waals surface area (Å²) in [6.07, 6.45) is 1.26. The highest BCUT2D eigenvalue weighted by Gasteiger charge is 2.27. The highest BCUT2D eigenvalue weighted by atomic mass is 32.2. The van der Waals surface area contributed by atoms with Gasteiger partial charge >= 0.3 is 5.97 Å². The predicted molar refractivity (Wildman–Crippen MR) is 99.6 cm³/mol. The Bertz CT molecular complexity index is 919. The lowest BCUT2D eigenvalue weighted by atomic mass is 9.97. The van der Waals surface area contributed by atoms with Gasteiger partial charge in [0.15, 0.2) is 0 Å². The van der Waals surface area contributed by atoms with Crippen molar-refractivity contribution in [1.82, 2.24) is 4.72 Å². The van der Waals surface area contributed by atoms with Gasteiger partial charge in [-0.25, -0.2) is 13.1 Å². The van der Waals surface area contributed by atoms with Gasteiger partial charge in [0.2, 0.25) is 10.0 Å². The van der Waals surface area contributed by atoms with Gasteiger partial charge in [0.1, 0.15) is 0 Å². The summed E-state index contributed by atoms with van der Waals surface area (Å²) in [6.45, 7) is 3.73. The number of sulfonamides is 1. The number of ether oxygens (including phenoxy) is 1. The highest BCUT2D eigenvalue weighted by Crippen LogP contribution is 2.28. The van der Waals surface area contributed by atoms with Gasteiger partial charge in [-0.15, -0.1) is 0 Å². The maximum Gasteiger partial charge on any atom is 0.312 e. The van der Waals surface area contributed by atoms with E-state index in [1.165, 1.54) is 7.11 Å². The molecule has 0 heterocycles. The first-order valence-electron chi connectivity index (χ1n) is 8.58. The lowest BCUT2D eigenvalue weighted by Crippen LogP contribution is -2.35. The zero-order valence-electron chi connectivity index (χ0n) is 15.2. The van der Waals surface area contributed by atoms with E-state index in [-0.39, 0.29) is 22.8 Å². The SMILES string of the molecule is COC(=O)C(C)c1ccc2c(c1)CC(NS(=O)(=O)c1ccc(C)cc1)C2. The molecule has 2 aromatic carbocycles. The lowest BCUT2D eigenvalue weighted by Gasteiger charge is -2.13. The van der Waals surface area contributed by atoms with E-state index in [9.17, 15) is 13.2 Å². The first kappa shape index (κ1) is 18.6. The second kappa shape index (κ2) is 7.21. The molecule has 1 aliphatic rings. The first-order chi connectivity index (χ1) is 12.3. The minimum absolute atomic E-state index is 0.181. The summed E-state index contributed by atoms with van der Waals surface area (Å²) in [5.74, 6) is -0.617. The molecule has 5 nitrogen and oxygen atoms in total. The van der Waals surface area contributed by atoms with Crippen molar-refractivity contribution in [3.8, 4) is 0 Å². The summed E-state index contributed by atoms with van der Waals surface area (Å²) in [4.78, 5) is 12.0. The maximum absolute atomic E-state index is 12.6. The predicted octanol–water partition coefficient (Wildman–Crippen LogP) is 2.72. The number of methoxy groups -OCH3 is 1. The van der Waals surface area contributed by atoms with Crippen LogP contribution in [-0.2, 0) is 32.4 Å². The first-order valence-corrected chi connectivity index (χ1v) is 10.1. The maximum atomic E-state index is 12.6. The number of benzene rings is 2. The van der Waals surface area contributed by atoms with Crippen molar-refractivity contribution in [2.45, 2.75) is 43.5 Å². The molecule has 2 unspecified atom stereocenters. The Morgan fingerprint density at radius 3 is 2.42 bits per heavy atom. The van der Waals surface area contributed by atoms with Crippen LogP contribution < -0.4 is 4.72 Å². The molecule has 0 radical (unpaired) electrons. The van der Waals surface area contributed by atoms with E-state index in [1.54, 1.807) is 31.2 Å². The number of hydrogen-bond donors (Lipinski definition) is 1. The van der Waals surface area contributed by atoms with E-state index in [0.29, 0.717) is 12.8 Å². The Balaban J connectivity index is 1.74. The number of carbonyl (C=O) groups excluding carboxylic acids is 1. The molecule has 1 aliphatic carbocycles. The Morgan fingerprint density at radius 2 is 1.77 bits per heavy atom. The van der Waals surface area contributed by atoms with Gasteiger partial charge in [-0.3, -0.25) is 4.79 Å². The molecule has 2 aromatic rings. The summed E-state index contributed by atoms with van der Waals surface area (Å²) >= 11 is 0. The Hall–Kier alpha value is -2.18. The molecular formula is C20H23NO4S. The van der Waals surface area contributed by atoms with Crippen molar-refractivity contribution in [1.29, 1.82) is 0 Å². The van der Waals surface area contributed by atoms with E-state index in [1.807, 2.05) is 25.1 Å². The van der Waals surface area contributed by atoms with Gasteiger partial charge in [-0.05, 0) is 55.5 Å². The Morgan fingerprint density at radius 1 is 1.12 bits per heavy atom. The standard InChI is InChI=1S/C20H23NO4S/c1-13-4-8-19(9-5-13)26(23,24)21-18-11-16-7-6-15(10-17(16)12-18)14(2)20(22)25-3/h4-10,14,18,21H,11-12H2,1-3H3. The zero-order chi connectivity index (χ0) is 18.9. The van der Waals surface area contributed by atoms with Gasteiger partial charge < -0.3 is 4.74 Å². The van der Waals surface area contributed by atoms with Gasteiger partial charge in [0.05, 0.1) is 17.9 Å². The monoisotopic (exact) mass is 373 g/mol. The summed E-state index contributed by atoms with van der Waals surface area (Å²) in [6, 6.07) is 12.5. The van der Waals surface area contributed by atoms with Crippen LogP contribution in [0.5, 0.6) is 0 Å². The molecule has 0 aliphatic heterocycles. The molecule has 0 amide bonds. The average molecular weight is 373 g/mol. The largest absolute Gasteiger partial charge is 0.469 e. The average Bonchev–Trinajstić information content (AvgIpc) is 3.01. The zero-order valence-corrected chi connectivity index (χ0v) is 16.0. The normalized spacial score (nSPS) is 17.6. The lowest BCUT2D eigenvalue weighted by molar-refractivity contribution is -0.141. The number of esters is 1. The molecule has 0 saturated heterocycles. The van der Waals surface area contributed by atoms with Crippen molar-refractivity contribution in [2.24, 2.45) is 0 Å². The number of aryl methyl sites for hydroxylation is 1. The fraction of sp³-hybridized carbons (Fsp3) is 0.350. The quantitative estimate of drug-likeness (QED) is 0.818. The summed E-state index contributed by atoms with van der Waals surface area (Å²) in [5, 5.41) is 0. The molecule has 0 fully saturated rings. The molecule has 26 heavy (non-hydrogen) atoms. The third kappa shape index (κ3) is 3.81. The molecule has 6 heteroatoms. The molecule has 0 bridgehead atoms. The van der Waals surface area contributed by atoms with Crippen LogP contribution in [0, 0.1) is 6.92 Å². The fourth-order valence-corrected chi connectivity index (χ4v) is 4.54. The highest BCUT2D eigenvalue weighted by molar-refractivity contribution is 7.89. The van der Waals surface area contributed by atoms with Crippen LogP contribution in [-0.4, -0.2) is 27.5 Å². The van der Waals surface area contributed by atoms with Crippen molar-refractivity contribution in [3.63, 3.8) is 0 Å². The summed E-state index contributed by atoms with van der Waals surface area (Å²) in [5.41, 5.74) is 4.10. The topological polar surface area (TPSA) is 72.5 Å². The van der Waals surface area contributed by atoms with Crippen LogP contribution in [0.4, 0.5) is 0 Å². The Kier molecular flexibility index (Phi) is 5.16. The van der Waals surface area contributed by atoms with Crippen molar-refractivity contribution < 1.29 is 17.9 Å². The van der Waals surface area contributed by atoms with E-state index < -0.39 is 10.0 Å². The Labute approximate surface area is 154 Å². The molecule has 3 rings (SSSR count). The van der Waals surface area contributed by atoms with Gasteiger partial charge in [-0.2, -0.15) is 0 Å². The number of hydrogen-bond acceptors (Lipinski definition) is 4. The second-order valence-corrected chi connectivity index (χ2v) is 8.53. The van der Waals surface area contributed by atoms with Gasteiger partial charge in [0.25, 0.3) is 0 Å². The number of fused-ring (bicyclic) bond motifs is 1. The van der Waals surface area contributed by atoms with Crippen molar-refractivity contribution in [2.75, 3.05) is 7.11 Å². The molecule has 0 spiro atoms. The van der Waals surface area contributed by atoms with Crippen LogP contribution in [0.2, 0.25) is 0 Å². The van der Waals surface area contributed by atoms with Crippen LogP contribution in [0.3, 0.4) is 0 Å². The number of nitrogens with one attached hydrogen (secondary N) is 1. The second-order valence-electron chi connectivity index (χ2n) is 6.81. The van der Waals surface area contributed by atoms with E-state index >= 15 is 0 Å². The molecule has 1 N–H and O–H groups in total. The van der Waals surface area contributed by atoms with Crippen LogP contribution in [0.1, 0.15) is 35.1 Å². The van der Waals surface area contributed by atoms with Crippen molar-refractivity contribution >= 4 is 16.0 Å². The molecule has 0 aromatic heterocycles. The molecule has 2 atom stereocenters. The van der Waals surface area contributed by atoms with E-state index in [0.717, 1.165) is 22.3 Å². The minimum atomic E-state index is -3.55. The number of rotatable bonds is 5. The van der Waals surface area contributed by atoms with Gasteiger partial charge in [-0.1, -0.05) is 35.9 Å². The summed E-state index contributed by atoms with van der Waals surface area (Å²) in [7, 11) is -2.17. The van der Waals surface area contributed by atoms with Gasteiger partial charge in [0, 0.05) is 6.04 Å². The minimum Gasteiger partial charge on any atom is -0.469 e. The fourth-order valence-electron chi connectivity index (χ4n) is 3.31. The van der Waals surface area contributed by atoms with Crippen LogP contribution in [0.15, 0.2) is 47.4 Å². The molecular weight excluding hydrogens is 350 g/mol. The molecule has 0 saturated carbocycles. The van der Waals surface area contributed by atoms with Crippen molar-refractivity contribution in [3.05, 3.63) is 64.7 Å². The third-order valence-corrected chi connectivity index (χ3v) is 6.41. The molecule has 138 valence electrons. The number of carbonyl (C=O) groups is 1. The van der Waals surface area contributed by atoms with E-state index in [4.69, 9.17) is 4.74 Å². The van der Waals surface area contributed by atoms with Crippen LogP contribution in [0.25, 0.3) is 0 Å². The smallest absolute Gasteiger partial charge is 0.312 e. The van der Waals surface area contributed by atoms with E-state index in [2.05, 4.69) is 4.72 Å².